The van der Waals surface area contributed by atoms with Gasteiger partial charge in [-0.1, -0.05) is 66.4 Å². The summed E-state index contributed by atoms with van der Waals surface area (Å²) in [7, 11) is 0. The Morgan fingerprint density at radius 2 is 1.79 bits per heavy atom. The van der Waals surface area contributed by atoms with Crippen LogP contribution < -0.4 is 5.32 Å². The van der Waals surface area contributed by atoms with E-state index in [-0.39, 0.29) is 17.7 Å². The van der Waals surface area contributed by atoms with Crippen LogP contribution in [-0.4, -0.2) is 26.4 Å². The van der Waals surface area contributed by atoms with Crippen LogP contribution in [-0.2, 0) is 4.79 Å². The van der Waals surface area contributed by atoms with Gasteiger partial charge in [-0.25, -0.2) is 0 Å². The van der Waals surface area contributed by atoms with Crippen LogP contribution >= 0.6 is 23.1 Å². The molecule has 140 valence electrons. The Morgan fingerprint density at radius 1 is 1.04 bits per heavy atom. The Kier molecular flexibility index (Phi) is 5.84. The predicted octanol–water partition coefficient (Wildman–Crippen LogP) is 4.33. The van der Waals surface area contributed by atoms with E-state index in [1.165, 1.54) is 11.8 Å². The molecule has 2 aromatic carbocycles. The zero-order chi connectivity index (χ0) is 19.2. The van der Waals surface area contributed by atoms with Gasteiger partial charge in [0.15, 0.2) is 5.16 Å². The zero-order valence-corrected chi connectivity index (χ0v) is 16.6. The molecule has 0 bridgehead atoms. The quantitative estimate of drug-likeness (QED) is 0.464. The molecule has 0 aliphatic carbocycles. The molecule has 4 rings (SSSR count). The molecule has 2 heterocycles. The van der Waals surface area contributed by atoms with Gasteiger partial charge in [0, 0.05) is 10.6 Å². The minimum Gasteiger partial charge on any atom is -0.344 e. The topological polar surface area (TPSA) is 59.8 Å². The van der Waals surface area contributed by atoms with E-state index in [9.17, 15) is 4.79 Å². The summed E-state index contributed by atoms with van der Waals surface area (Å²) in [5.41, 5.74) is 2.03. The summed E-state index contributed by atoms with van der Waals surface area (Å²) in [5.74, 6) is 0.218. The first-order valence-electron chi connectivity index (χ1n) is 8.77. The van der Waals surface area contributed by atoms with Crippen molar-refractivity contribution in [1.29, 1.82) is 0 Å². The average Bonchev–Trinajstić information content (AvgIpc) is 3.44. The van der Waals surface area contributed by atoms with Crippen molar-refractivity contribution >= 4 is 29.0 Å². The number of carbonyl (C=O) groups is 1. The van der Waals surface area contributed by atoms with Crippen molar-refractivity contribution in [3.8, 4) is 5.69 Å². The van der Waals surface area contributed by atoms with Gasteiger partial charge >= 0.3 is 0 Å². The van der Waals surface area contributed by atoms with E-state index in [4.69, 9.17) is 0 Å². The van der Waals surface area contributed by atoms with Gasteiger partial charge in [-0.2, -0.15) is 0 Å². The number of thiophene rings is 1. The molecule has 7 heteroatoms. The van der Waals surface area contributed by atoms with Gasteiger partial charge in [0.2, 0.25) is 5.91 Å². The summed E-state index contributed by atoms with van der Waals surface area (Å²) >= 11 is 3.01. The van der Waals surface area contributed by atoms with E-state index in [0.717, 1.165) is 16.1 Å². The number of hydrogen-bond acceptors (Lipinski definition) is 5. The fourth-order valence-electron chi connectivity index (χ4n) is 2.84. The molecule has 0 radical (unpaired) electrons. The number of nitrogens with zero attached hydrogens (tertiary/aromatic N) is 3. The average molecular weight is 407 g/mol. The molecule has 1 N–H and O–H groups in total. The number of nitrogens with one attached hydrogen (secondary N) is 1. The molecule has 0 saturated heterocycles. The monoisotopic (exact) mass is 406 g/mol. The summed E-state index contributed by atoms with van der Waals surface area (Å²) < 4.78 is 1.88. The maximum Gasteiger partial charge on any atom is 0.231 e. The number of rotatable bonds is 7. The van der Waals surface area contributed by atoms with Crippen molar-refractivity contribution < 1.29 is 4.79 Å². The first-order chi connectivity index (χ1) is 13.8. The third-order valence-electron chi connectivity index (χ3n) is 4.15. The summed E-state index contributed by atoms with van der Waals surface area (Å²) in [6, 6.07) is 23.7. The van der Waals surface area contributed by atoms with Crippen molar-refractivity contribution in [2.24, 2.45) is 0 Å². The number of benzene rings is 2. The number of para-hydroxylation sites is 1. The zero-order valence-electron chi connectivity index (χ0n) is 14.9. The molecule has 0 unspecified atom stereocenters. The highest BCUT2D eigenvalue weighted by atomic mass is 32.2. The summed E-state index contributed by atoms with van der Waals surface area (Å²) in [4.78, 5) is 13.8. The molecule has 1 amide bonds. The van der Waals surface area contributed by atoms with Crippen molar-refractivity contribution in [3.05, 3.63) is 94.9 Å². The number of aromatic nitrogens is 3. The Morgan fingerprint density at radius 3 is 2.50 bits per heavy atom. The molecule has 28 heavy (non-hydrogen) atoms. The highest BCUT2D eigenvalue weighted by Gasteiger charge is 2.18. The van der Waals surface area contributed by atoms with Crippen molar-refractivity contribution in [2.45, 2.75) is 11.2 Å². The van der Waals surface area contributed by atoms with Crippen LogP contribution in [0.25, 0.3) is 5.69 Å². The Bertz CT molecular complexity index is 1020. The van der Waals surface area contributed by atoms with Gasteiger partial charge in [0.1, 0.15) is 6.33 Å². The molecule has 5 nitrogen and oxygen atoms in total. The molecule has 1 atom stereocenters. The molecule has 0 spiro atoms. The fourth-order valence-corrected chi connectivity index (χ4v) is 4.38. The van der Waals surface area contributed by atoms with E-state index in [2.05, 4.69) is 15.5 Å². The van der Waals surface area contributed by atoms with Crippen molar-refractivity contribution in [1.82, 2.24) is 20.1 Å². The lowest BCUT2D eigenvalue weighted by Gasteiger charge is -2.18. The van der Waals surface area contributed by atoms with E-state index in [1.807, 2.05) is 82.7 Å². The van der Waals surface area contributed by atoms with Gasteiger partial charge in [-0.3, -0.25) is 9.36 Å². The van der Waals surface area contributed by atoms with Gasteiger partial charge in [-0.05, 0) is 29.1 Å². The number of amides is 1. The Balaban J connectivity index is 1.45. The van der Waals surface area contributed by atoms with Crippen molar-refractivity contribution in [3.63, 3.8) is 0 Å². The maximum absolute atomic E-state index is 12.7. The normalized spacial score (nSPS) is 11.9. The first-order valence-corrected chi connectivity index (χ1v) is 10.6. The lowest BCUT2D eigenvalue weighted by molar-refractivity contribution is -0.119. The van der Waals surface area contributed by atoms with Crippen LogP contribution in [0, 0.1) is 0 Å². The standard InChI is InChI=1S/C21H18N4OS2/c26-19(14-28-21-24-22-15-25(21)17-10-5-2-6-11-17)23-20(18-12-7-13-27-18)16-8-3-1-4-9-16/h1-13,15,20H,14H2,(H,23,26)/t20-/m1/s1. The largest absolute Gasteiger partial charge is 0.344 e. The van der Waals surface area contributed by atoms with Crippen LogP contribution in [0.5, 0.6) is 0 Å². The van der Waals surface area contributed by atoms with Crippen LogP contribution in [0.3, 0.4) is 0 Å². The molecule has 4 aromatic rings. The van der Waals surface area contributed by atoms with E-state index in [0.29, 0.717) is 5.16 Å². The second-order valence-electron chi connectivity index (χ2n) is 6.03. The van der Waals surface area contributed by atoms with Gasteiger partial charge in [0.25, 0.3) is 0 Å². The Hall–Kier alpha value is -2.90. The van der Waals surface area contributed by atoms with E-state index >= 15 is 0 Å². The van der Waals surface area contributed by atoms with Crippen LogP contribution in [0.1, 0.15) is 16.5 Å². The fraction of sp³-hybridized carbons (Fsp3) is 0.0952. The SMILES string of the molecule is O=C(CSc1nncn1-c1ccccc1)N[C@H](c1ccccc1)c1cccs1. The smallest absolute Gasteiger partial charge is 0.231 e. The van der Waals surface area contributed by atoms with Gasteiger partial charge in [-0.15, -0.1) is 21.5 Å². The van der Waals surface area contributed by atoms with E-state index < -0.39 is 0 Å². The molecule has 2 aromatic heterocycles. The summed E-state index contributed by atoms with van der Waals surface area (Å²) in [6.45, 7) is 0. The van der Waals surface area contributed by atoms with Crippen LogP contribution in [0.2, 0.25) is 0 Å². The highest BCUT2D eigenvalue weighted by Crippen LogP contribution is 2.26. The summed E-state index contributed by atoms with van der Waals surface area (Å²) in [6.07, 6.45) is 1.66. The summed E-state index contributed by atoms with van der Waals surface area (Å²) in [5, 5.41) is 14.0. The minimum atomic E-state index is -0.152. The second-order valence-corrected chi connectivity index (χ2v) is 7.96. The predicted molar refractivity (Wildman–Crippen MR) is 113 cm³/mol. The first kappa shape index (κ1) is 18.5. The third-order valence-corrected chi connectivity index (χ3v) is 6.03. The maximum atomic E-state index is 12.7. The second kappa shape index (κ2) is 8.86. The molecular formula is C21H18N4OS2. The molecule has 0 aliphatic heterocycles. The van der Waals surface area contributed by atoms with Gasteiger partial charge < -0.3 is 5.32 Å². The minimum absolute atomic E-state index is 0.0464. The molecular weight excluding hydrogens is 388 g/mol. The number of thioether (sulfide) groups is 1. The van der Waals surface area contributed by atoms with Crippen molar-refractivity contribution in [2.75, 3.05) is 5.75 Å². The van der Waals surface area contributed by atoms with Gasteiger partial charge in [0.05, 0.1) is 11.8 Å². The van der Waals surface area contributed by atoms with Crippen LogP contribution in [0.15, 0.2) is 89.7 Å². The molecule has 0 aliphatic rings. The number of carbonyl (C=O) groups excluding carboxylic acids is 1. The third kappa shape index (κ3) is 4.32. The van der Waals surface area contributed by atoms with Crippen LogP contribution in [0.4, 0.5) is 0 Å². The lowest BCUT2D eigenvalue weighted by atomic mass is 10.1. The molecule has 0 fully saturated rings. The lowest BCUT2D eigenvalue weighted by Crippen LogP contribution is -2.30. The Labute approximate surface area is 171 Å². The number of hydrogen-bond donors (Lipinski definition) is 1. The highest BCUT2D eigenvalue weighted by molar-refractivity contribution is 7.99. The molecule has 0 saturated carbocycles. The van der Waals surface area contributed by atoms with E-state index in [1.54, 1.807) is 17.7 Å².